The van der Waals surface area contributed by atoms with Crippen LogP contribution in [-0.2, 0) is 17.6 Å². The summed E-state index contributed by atoms with van der Waals surface area (Å²) in [5.41, 5.74) is 2.05. The molecular formula is C10H15N2OP. The van der Waals surface area contributed by atoms with Crippen LogP contribution in [0.1, 0.15) is 18.2 Å². The van der Waals surface area contributed by atoms with E-state index in [1.165, 1.54) is 0 Å². The second kappa shape index (κ2) is 5.84. The van der Waals surface area contributed by atoms with Crippen LogP contribution in [0.3, 0.4) is 0 Å². The molecule has 0 spiro atoms. The first-order chi connectivity index (χ1) is 6.74. The molecule has 0 saturated carbocycles. The zero-order valence-electron chi connectivity index (χ0n) is 8.29. The molecule has 4 heteroatoms. The van der Waals surface area contributed by atoms with E-state index in [4.69, 9.17) is 0 Å². The normalized spacial score (nSPS) is 10.1. The van der Waals surface area contributed by atoms with Gasteiger partial charge < -0.3 is 5.09 Å². The lowest BCUT2D eigenvalue weighted by molar-refractivity contribution is -0.116. The second-order valence-corrected chi connectivity index (χ2v) is 3.60. The first kappa shape index (κ1) is 11.3. The smallest absolute Gasteiger partial charge is 0.134 e. The Bertz CT molecular complexity index is 315. The van der Waals surface area contributed by atoms with Gasteiger partial charge >= 0.3 is 0 Å². The molecule has 0 aromatic carbocycles. The Morgan fingerprint density at radius 3 is 3.07 bits per heavy atom. The van der Waals surface area contributed by atoms with E-state index in [-0.39, 0.29) is 5.78 Å². The number of nitrogens with one attached hydrogen (secondary N) is 1. The van der Waals surface area contributed by atoms with E-state index in [0.29, 0.717) is 6.42 Å². The van der Waals surface area contributed by atoms with Crippen LogP contribution in [0.15, 0.2) is 18.3 Å². The van der Waals surface area contributed by atoms with Crippen molar-refractivity contribution in [3.63, 3.8) is 0 Å². The number of aromatic nitrogens is 1. The first-order valence-electron chi connectivity index (χ1n) is 4.59. The molecule has 0 fully saturated rings. The van der Waals surface area contributed by atoms with Crippen LogP contribution in [0.2, 0.25) is 0 Å². The van der Waals surface area contributed by atoms with E-state index in [2.05, 4.69) is 19.5 Å². The van der Waals surface area contributed by atoms with Gasteiger partial charge in [0.15, 0.2) is 0 Å². The number of rotatable bonds is 5. The number of carbonyl (C=O) groups excluding carboxylic acids is 1. The molecular weight excluding hydrogens is 195 g/mol. The molecule has 0 aliphatic carbocycles. The third kappa shape index (κ3) is 3.52. The van der Waals surface area contributed by atoms with Gasteiger partial charge in [0.2, 0.25) is 0 Å². The molecule has 1 aromatic heterocycles. The van der Waals surface area contributed by atoms with E-state index < -0.39 is 0 Å². The molecule has 0 radical (unpaired) electrons. The highest BCUT2D eigenvalue weighted by Gasteiger charge is 2.04. The molecule has 1 atom stereocenters. The molecule has 0 saturated heterocycles. The number of hydrogen-bond acceptors (Lipinski definition) is 3. The number of nitrogens with zero attached hydrogens (tertiary/aromatic N) is 1. The molecule has 0 aliphatic rings. The fourth-order valence-corrected chi connectivity index (χ4v) is 1.46. The molecule has 0 aliphatic heterocycles. The Morgan fingerprint density at radius 2 is 2.43 bits per heavy atom. The SMILES string of the molecule is CC(=O)Cc1cccnc1CCNP. The summed E-state index contributed by atoms with van der Waals surface area (Å²) in [6.45, 7) is 2.46. The van der Waals surface area contributed by atoms with Gasteiger partial charge in [0, 0.05) is 31.3 Å². The van der Waals surface area contributed by atoms with Gasteiger partial charge in [-0.3, -0.25) is 9.78 Å². The Hall–Kier alpha value is -0.790. The molecule has 0 bridgehead atoms. The van der Waals surface area contributed by atoms with Crippen molar-refractivity contribution in [2.24, 2.45) is 0 Å². The van der Waals surface area contributed by atoms with Gasteiger partial charge in [-0.05, 0) is 18.6 Å². The number of ketones is 1. The van der Waals surface area contributed by atoms with Gasteiger partial charge in [-0.25, -0.2) is 0 Å². The minimum absolute atomic E-state index is 0.179. The van der Waals surface area contributed by atoms with Crippen LogP contribution in [0.4, 0.5) is 0 Å². The predicted molar refractivity (Wildman–Crippen MR) is 60.0 cm³/mol. The highest BCUT2D eigenvalue weighted by molar-refractivity contribution is 7.13. The lowest BCUT2D eigenvalue weighted by atomic mass is 10.1. The quantitative estimate of drug-likeness (QED) is 0.741. The zero-order valence-corrected chi connectivity index (χ0v) is 9.44. The lowest BCUT2D eigenvalue weighted by Gasteiger charge is -2.05. The first-order valence-corrected chi connectivity index (χ1v) is 5.17. The summed E-state index contributed by atoms with van der Waals surface area (Å²) in [7, 11) is 2.46. The van der Waals surface area contributed by atoms with E-state index in [1.54, 1.807) is 13.1 Å². The minimum atomic E-state index is 0.179. The largest absolute Gasteiger partial charge is 0.300 e. The van der Waals surface area contributed by atoms with Crippen molar-refractivity contribution in [2.75, 3.05) is 6.54 Å². The van der Waals surface area contributed by atoms with Gasteiger partial charge in [-0.15, -0.1) is 0 Å². The molecule has 76 valence electrons. The van der Waals surface area contributed by atoms with E-state index in [0.717, 1.165) is 24.2 Å². The highest BCUT2D eigenvalue weighted by Crippen LogP contribution is 2.07. The monoisotopic (exact) mass is 210 g/mol. The van der Waals surface area contributed by atoms with Crippen LogP contribution in [-0.4, -0.2) is 17.3 Å². The molecule has 3 nitrogen and oxygen atoms in total. The molecule has 1 rings (SSSR count). The molecule has 1 aromatic rings. The maximum Gasteiger partial charge on any atom is 0.134 e. The van der Waals surface area contributed by atoms with Gasteiger partial charge in [-0.2, -0.15) is 0 Å². The van der Waals surface area contributed by atoms with Gasteiger partial charge in [0.1, 0.15) is 5.78 Å². The lowest BCUT2D eigenvalue weighted by Crippen LogP contribution is -2.09. The Kier molecular flexibility index (Phi) is 4.71. The fraction of sp³-hybridized carbons (Fsp3) is 0.400. The summed E-state index contributed by atoms with van der Waals surface area (Å²) < 4.78 is 0. The summed E-state index contributed by atoms with van der Waals surface area (Å²) in [6, 6.07) is 3.84. The number of pyridine rings is 1. The number of hydrogen-bond donors (Lipinski definition) is 1. The summed E-state index contributed by atoms with van der Waals surface area (Å²) in [5.74, 6) is 0.179. The van der Waals surface area contributed by atoms with E-state index >= 15 is 0 Å². The van der Waals surface area contributed by atoms with E-state index in [1.807, 2.05) is 12.1 Å². The summed E-state index contributed by atoms with van der Waals surface area (Å²) in [4.78, 5) is 15.3. The third-order valence-electron chi connectivity index (χ3n) is 1.93. The van der Waals surface area contributed by atoms with Crippen molar-refractivity contribution < 1.29 is 4.79 Å². The molecule has 1 unspecified atom stereocenters. The van der Waals surface area contributed by atoms with Gasteiger partial charge in [0.25, 0.3) is 0 Å². The fourth-order valence-electron chi connectivity index (χ4n) is 1.32. The Morgan fingerprint density at radius 1 is 1.64 bits per heavy atom. The van der Waals surface area contributed by atoms with Crippen LogP contribution in [0.5, 0.6) is 0 Å². The highest BCUT2D eigenvalue weighted by atomic mass is 31.0. The summed E-state index contributed by atoms with van der Waals surface area (Å²) >= 11 is 0. The van der Waals surface area contributed by atoms with Crippen molar-refractivity contribution in [3.8, 4) is 0 Å². The Balaban J connectivity index is 2.74. The van der Waals surface area contributed by atoms with Gasteiger partial charge in [0.05, 0.1) is 0 Å². The van der Waals surface area contributed by atoms with E-state index in [9.17, 15) is 4.79 Å². The topological polar surface area (TPSA) is 42.0 Å². The maximum absolute atomic E-state index is 11.0. The summed E-state index contributed by atoms with van der Waals surface area (Å²) in [6.07, 6.45) is 3.11. The van der Waals surface area contributed by atoms with Crippen LogP contribution in [0.25, 0.3) is 0 Å². The standard InChI is InChI=1S/C10H15N2OP/c1-8(13)7-9-3-2-5-11-10(9)4-6-12-14/h2-3,5,12H,4,6-7,14H2,1H3. The van der Waals surface area contributed by atoms with Crippen LogP contribution >= 0.6 is 9.39 Å². The molecule has 1 N–H and O–H groups in total. The Labute approximate surface area is 86.6 Å². The van der Waals surface area contributed by atoms with Crippen molar-refractivity contribution >= 4 is 15.2 Å². The average Bonchev–Trinajstić information content (AvgIpc) is 2.16. The predicted octanol–water partition coefficient (Wildman–Crippen LogP) is 1.14. The van der Waals surface area contributed by atoms with Gasteiger partial charge in [-0.1, -0.05) is 15.5 Å². The van der Waals surface area contributed by atoms with Crippen molar-refractivity contribution in [1.29, 1.82) is 0 Å². The number of Topliss-reactive ketones (excluding diaryl/α,β-unsaturated/α-hetero) is 1. The molecule has 0 amide bonds. The third-order valence-corrected chi connectivity index (χ3v) is 2.22. The van der Waals surface area contributed by atoms with Crippen molar-refractivity contribution in [1.82, 2.24) is 10.1 Å². The van der Waals surface area contributed by atoms with Crippen molar-refractivity contribution in [2.45, 2.75) is 19.8 Å². The minimum Gasteiger partial charge on any atom is -0.300 e. The molecule has 14 heavy (non-hydrogen) atoms. The van der Waals surface area contributed by atoms with Crippen molar-refractivity contribution in [3.05, 3.63) is 29.6 Å². The maximum atomic E-state index is 11.0. The summed E-state index contributed by atoms with van der Waals surface area (Å²) in [5, 5.41) is 2.99. The average molecular weight is 210 g/mol. The second-order valence-electron chi connectivity index (χ2n) is 3.19. The van der Waals surface area contributed by atoms with Crippen LogP contribution < -0.4 is 5.09 Å². The zero-order chi connectivity index (χ0) is 10.4. The molecule has 1 heterocycles. The van der Waals surface area contributed by atoms with Crippen LogP contribution in [0, 0.1) is 0 Å². The number of carbonyl (C=O) groups is 1.